The Kier molecular flexibility index (Phi) is 3.31. The minimum Gasteiger partial charge on any atom is -0.258 e. The second-order valence-corrected chi connectivity index (χ2v) is 10.4. The molecule has 0 unspecified atom stereocenters. The molecule has 1 heterocycles. The molecule has 18 heavy (non-hydrogen) atoms. The standard InChI is InChI=1S/C15H16N2Si/c1-16-14-8-6-5-7-13(14)15-10-9-12(11-17-15)18(2,3)4/h5-11H,2-4H3. The topological polar surface area (TPSA) is 17.2 Å². The molecule has 0 spiro atoms. The SMILES string of the molecule is [C-]#[N+]c1ccccc1-c1ccc([Si](C)(C)C)cn1. The summed E-state index contributed by atoms with van der Waals surface area (Å²) >= 11 is 0. The summed E-state index contributed by atoms with van der Waals surface area (Å²) in [6, 6.07) is 11.8. The molecule has 3 heteroatoms. The predicted molar refractivity (Wildman–Crippen MR) is 78.9 cm³/mol. The van der Waals surface area contributed by atoms with E-state index in [1.165, 1.54) is 5.19 Å². The number of pyridine rings is 1. The van der Waals surface area contributed by atoms with E-state index in [9.17, 15) is 0 Å². The molecule has 0 aliphatic carbocycles. The van der Waals surface area contributed by atoms with Crippen molar-refractivity contribution in [2.24, 2.45) is 0 Å². The fourth-order valence-electron chi connectivity index (χ4n) is 1.78. The fourth-order valence-corrected chi connectivity index (χ4v) is 2.82. The van der Waals surface area contributed by atoms with E-state index in [-0.39, 0.29) is 0 Å². The van der Waals surface area contributed by atoms with E-state index < -0.39 is 8.07 Å². The van der Waals surface area contributed by atoms with E-state index in [4.69, 9.17) is 6.57 Å². The van der Waals surface area contributed by atoms with Crippen molar-refractivity contribution in [1.29, 1.82) is 0 Å². The summed E-state index contributed by atoms with van der Waals surface area (Å²) in [5.74, 6) is 0. The average molecular weight is 252 g/mol. The van der Waals surface area contributed by atoms with Gasteiger partial charge in [0.1, 0.15) is 0 Å². The molecule has 2 aromatic rings. The first kappa shape index (κ1) is 12.5. The van der Waals surface area contributed by atoms with Crippen molar-refractivity contribution in [3.63, 3.8) is 0 Å². The second kappa shape index (κ2) is 4.75. The van der Waals surface area contributed by atoms with Crippen LogP contribution in [0.25, 0.3) is 16.1 Å². The monoisotopic (exact) mass is 252 g/mol. The number of nitrogens with zero attached hydrogens (tertiary/aromatic N) is 2. The van der Waals surface area contributed by atoms with Gasteiger partial charge in [0.05, 0.1) is 20.3 Å². The molecule has 0 N–H and O–H groups in total. The summed E-state index contributed by atoms with van der Waals surface area (Å²) in [5, 5.41) is 1.34. The maximum absolute atomic E-state index is 7.18. The van der Waals surface area contributed by atoms with E-state index in [0.717, 1.165) is 11.3 Å². The van der Waals surface area contributed by atoms with Gasteiger partial charge in [0.25, 0.3) is 0 Å². The van der Waals surface area contributed by atoms with Gasteiger partial charge in [-0.15, -0.1) is 0 Å². The fraction of sp³-hybridized carbons (Fsp3) is 0.200. The van der Waals surface area contributed by atoms with Crippen molar-refractivity contribution in [3.05, 3.63) is 54.0 Å². The maximum Gasteiger partial charge on any atom is 0.196 e. The van der Waals surface area contributed by atoms with E-state index in [2.05, 4.69) is 35.5 Å². The Balaban J connectivity index is 2.45. The summed E-state index contributed by atoms with van der Waals surface area (Å²) in [4.78, 5) is 8.05. The molecule has 0 aliphatic rings. The van der Waals surface area contributed by atoms with Crippen LogP contribution in [0.5, 0.6) is 0 Å². The number of benzene rings is 1. The van der Waals surface area contributed by atoms with Gasteiger partial charge in [0.2, 0.25) is 0 Å². The maximum atomic E-state index is 7.18. The summed E-state index contributed by atoms with van der Waals surface area (Å²) in [7, 11) is -1.30. The number of para-hydroxylation sites is 1. The predicted octanol–water partition coefficient (Wildman–Crippen LogP) is 3.84. The van der Waals surface area contributed by atoms with Crippen molar-refractivity contribution < 1.29 is 0 Å². The lowest BCUT2D eigenvalue weighted by molar-refractivity contribution is 1.34. The molecule has 0 atom stereocenters. The Morgan fingerprint density at radius 1 is 1.06 bits per heavy atom. The van der Waals surface area contributed by atoms with Crippen molar-refractivity contribution in [2.45, 2.75) is 19.6 Å². The highest BCUT2D eigenvalue weighted by atomic mass is 28.3. The zero-order valence-corrected chi connectivity index (χ0v) is 11.9. The van der Waals surface area contributed by atoms with E-state index in [0.29, 0.717) is 5.69 Å². The minimum atomic E-state index is -1.30. The zero-order chi connectivity index (χ0) is 13.2. The number of hydrogen-bond donors (Lipinski definition) is 0. The van der Waals surface area contributed by atoms with Crippen LogP contribution in [0.1, 0.15) is 0 Å². The first-order chi connectivity index (χ1) is 8.52. The van der Waals surface area contributed by atoms with Gasteiger partial charge in [0, 0.05) is 11.8 Å². The van der Waals surface area contributed by atoms with Crippen LogP contribution in [0.15, 0.2) is 42.6 Å². The zero-order valence-electron chi connectivity index (χ0n) is 10.9. The van der Waals surface area contributed by atoms with Crippen LogP contribution >= 0.6 is 0 Å². The third-order valence-corrected chi connectivity index (χ3v) is 4.96. The largest absolute Gasteiger partial charge is 0.258 e. The average Bonchev–Trinajstić information content (AvgIpc) is 2.38. The van der Waals surface area contributed by atoms with E-state index in [1.807, 2.05) is 36.5 Å². The number of aromatic nitrogens is 1. The third-order valence-electron chi connectivity index (χ3n) is 2.93. The second-order valence-electron chi connectivity index (χ2n) is 5.31. The van der Waals surface area contributed by atoms with Gasteiger partial charge in [0.15, 0.2) is 5.69 Å². The lowest BCUT2D eigenvalue weighted by atomic mass is 10.1. The molecule has 0 aliphatic heterocycles. The highest BCUT2D eigenvalue weighted by Gasteiger charge is 2.16. The number of rotatable bonds is 2. The van der Waals surface area contributed by atoms with Crippen LogP contribution in [0.2, 0.25) is 19.6 Å². The molecule has 0 saturated heterocycles. The molecule has 0 fully saturated rings. The molecule has 1 aromatic heterocycles. The molecule has 0 bridgehead atoms. The van der Waals surface area contributed by atoms with E-state index in [1.54, 1.807) is 0 Å². The first-order valence-electron chi connectivity index (χ1n) is 5.96. The van der Waals surface area contributed by atoms with Gasteiger partial charge < -0.3 is 0 Å². The third kappa shape index (κ3) is 2.49. The molecule has 2 rings (SSSR count). The van der Waals surface area contributed by atoms with Gasteiger partial charge in [-0.05, 0) is 11.3 Å². The number of hydrogen-bond acceptors (Lipinski definition) is 1. The Labute approximate surface area is 109 Å². The van der Waals surface area contributed by atoms with Crippen LogP contribution in [0, 0.1) is 6.57 Å². The summed E-state index contributed by atoms with van der Waals surface area (Å²) in [6.07, 6.45) is 1.96. The molecule has 0 saturated carbocycles. The summed E-state index contributed by atoms with van der Waals surface area (Å²) in [5.41, 5.74) is 2.45. The van der Waals surface area contributed by atoms with Crippen LogP contribution in [-0.4, -0.2) is 13.1 Å². The first-order valence-corrected chi connectivity index (χ1v) is 9.46. The Hall–Kier alpha value is -1.92. The molecular formula is C15H16N2Si. The molecule has 2 nitrogen and oxygen atoms in total. The molecule has 0 amide bonds. The Morgan fingerprint density at radius 2 is 1.78 bits per heavy atom. The van der Waals surface area contributed by atoms with Crippen molar-refractivity contribution in [2.75, 3.05) is 0 Å². The smallest absolute Gasteiger partial charge is 0.196 e. The van der Waals surface area contributed by atoms with Gasteiger partial charge >= 0.3 is 0 Å². The van der Waals surface area contributed by atoms with Gasteiger partial charge in [-0.1, -0.05) is 50.0 Å². The molecular weight excluding hydrogens is 236 g/mol. The summed E-state index contributed by atoms with van der Waals surface area (Å²) in [6.45, 7) is 14.1. The van der Waals surface area contributed by atoms with Gasteiger partial charge in [-0.3, -0.25) is 4.98 Å². The lowest BCUT2D eigenvalue weighted by Crippen LogP contribution is -2.37. The Bertz CT molecular complexity index is 589. The van der Waals surface area contributed by atoms with Crippen LogP contribution < -0.4 is 5.19 Å². The normalized spacial score (nSPS) is 11.0. The molecule has 0 radical (unpaired) electrons. The van der Waals surface area contributed by atoms with Crippen molar-refractivity contribution in [1.82, 2.24) is 4.98 Å². The highest BCUT2D eigenvalue weighted by molar-refractivity contribution is 6.88. The van der Waals surface area contributed by atoms with Crippen LogP contribution in [0.3, 0.4) is 0 Å². The quantitative estimate of drug-likeness (QED) is 0.586. The molecule has 1 aromatic carbocycles. The Morgan fingerprint density at radius 3 is 2.33 bits per heavy atom. The van der Waals surface area contributed by atoms with Crippen molar-refractivity contribution in [3.8, 4) is 11.3 Å². The van der Waals surface area contributed by atoms with Gasteiger partial charge in [-0.2, -0.15) is 0 Å². The minimum absolute atomic E-state index is 0.658. The van der Waals surface area contributed by atoms with Gasteiger partial charge in [-0.25, -0.2) is 4.85 Å². The van der Waals surface area contributed by atoms with E-state index >= 15 is 0 Å². The summed E-state index contributed by atoms with van der Waals surface area (Å²) < 4.78 is 0. The lowest BCUT2D eigenvalue weighted by Gasteiger charge is -2.16. The van der Waals surface area contributed by atoms with Crippen LogP contribution in [0.4, 0.5) is 5.69 Å². The van der Waals surface area contributed by atoms with Crippen LogP contribution in [-0.2, 0) is 0 Å². The highest BCUT2D eigenvalue weighted by Crippen LogP contribution is 2.28. The molecule has 90 valence electrons. The van der Waals surface area contributed by atoms with Crippen molar-refractivity contribution >= 4 is 18.9 Å².